The molecule has 1 fully saturated rings. The Morgan fingerprint density at radius 3 is 3.18 bits per heavy atom. The van der Waals surface area contributed by atoms with Crippen LogP contribution < -0.4 is 4.90 Å². The van der Waals surface area contributed by atoms with Crippen LogP contribution in [0.2, 0.25) is 0 Å². The number of alkyl halides is 1. The number of anilines is 1. The smallest absolute Gasteiger partial charge is 0.139 e. The molecule has 2 aromatic heterocycles. The van der Waals surface area contributed by atoms with Gasteiger partial charge in [-0.15, -0.1) is 0 Å². The largest absolute Gasteiger partial charge is 0.464 e. The Hall–Kier alpha value is -1.03. The molecule has 2 unspecified atom stereocenters. The van der Waals surface area contributed by atoms with Crippen molar-refractivity contribution in [1.29, 1.82) is 0 Å². The van der Waals surface area contributed by atoms with Gasteiger partial charge in [0.15, 0.2) is 0 Å². The fraction of sp³-hybridized carbons (Fsp3) is 0.462. The molecule has 17 heavy (non-hydrogen) atoms. The minimum atomic E-state index is 0.627. The topological polar surface area (TPSA) is 29.3 Å². The van der Waals surface area contributed by atoms with Crippen molar-refractivity contribution in [2.45, 2.75) is 18.2 Å². The number of piperidine rings is 1. The summed E-state index contributed by atoms with van der Waals surface area (Å²) in [6, 6.07) is 3.92. The van der Waals surface area contributed by atoms with Crippen LogP contribution in [-0.4, -0.2) is 22.9 Å². The van der Waals surface area contributed by atoms with Crippen LogP contribution >= 0.6 is 15.9 Å². The lowest BCUT2D eigenvalue weighted by atomic mass is 10.00. The van der Waals surface area contributed by atoms with E-state index in [0.29, 0.717) is 10.7 Å². The number of halogens is 1. The highest BCUT2D eigenvalue weighted by Crippen LogP contribution is 2.30. The van der Waals surface area contributed by atoms with Gasteiger partial charge in [-0.2, -0.15) is 0 Å². The van der Waals surface area contributed by atoms with Crippen molar-refractivity contribution in [3.05, 3.63) is 24.6 Å². The van der Waals surface area contributed by atoms with E-state index in [1.54, 1.807) is 6.26 Å². The average molecular weight is 295 g/mol. The Morgan fingerprint density at radius 2 is 2.35 bits per heavy atom. The number of aromatic nitrogens is 1. The first-order valence-corrected chi connectivity index (χ1v) is 6.88. The fourth-order valence-electron chi connectivity index (χ4n) is 2.44. The van der Waals surface area contributed by atoms with Crippen molar-refractivity contribution >= 4 is 32.7 Å². The van der Waals surface area contributed by atoms with Crippen LogP contribution in [0.15, 0.2) is 29.0 Å². The summed E-state index contributed by atoms with van der Waals surface area (Å²) < 4.78 is 5.42. The third-order valence-corrected chi connectivity index (χ3v) is 4.82. The van der Waals surface area contributed by atoms with Gasteiger partial charge in [0.25, 0.3) is 0 Å². The normalized spacial score (nSPS) is 25.4. The zero-order chi connectivity index (χ0) is 11.8. The summed E-state index contributed by atoms with van der Waals surface area (Å²) in [5, 5.41) is 1.12. The van der Waals surface area contributed by atoms with E-state index in [1.807, 2.05) is 18.3 Å². The van der Waals surface area contributed by atoms with Gasteiger partial charge in [0, 0.05) is 24.1 Å². The minimum Gasteiger partial charge on any atom is -0.464 e. The number of fused-ring (bicyclic) bond motifs is 1. The molecule has 0 radical (unpaired) electrons. The Balaban J connectivity index is 1.96. The van der Waals surface area contributed by atoms with E-state index >= 15 is 0 Å². The summed E-state index contributed by atoms with van der Waals surface area (Å²) in [6.07, 6.45) is 4.72. The van der Waals surface area contributed by atoms with Gasteiger partial charge in [0.05, 0.1) is 11.6 Å². The lowest BCUT2D eigenvalue weighted by Gasteiger charge is -2.35. The maximum Gasteiger partial charge on any atom is 0.139 e. The van der Waals surface area contributed by atoms with E-state index in [9.17, 15) is 0 Å². The summed E-state index contributed by atoms with van der Waals surface area (Å²) in [5.74, 6) is 1.70. The van der Waals surface area contributed by atoms with E-state index < -0.39 is 0 Å². The molecule has 1 aliphatic rings. The van der Waals surface area contributed by atoms with Gasteiger partial charge in [-0.1, -0.05) is 22.9 Å². The lowest BCUT2D eigenvalue weighted by molar-refractivity contribution is 0.464. The van der Waals surface area contributed by atoms with Crippen LogP contribution in [0.25, 0.3) is 11.0 Å². The van der Waals surface area contributed by atoms with Gasteiger partial charge in [-0.25, -0.2) is 4.98 Å². The molecular formula is C13H15BrN2O. The highest BCUT2D eigenvalue weighted by atomic mass is 79.9. The number of rotatable bonds is 1. The van der Waals surface area contributed by atoms with Gasteiger partial charge < -0.3 is 9.32 Å². The van der Waals surface area contributed by atoms with Gasteiger partial charge >= 0.3 is 0 Å². The molecule has 0 spiro atoms. The molecule has 0 aromatic carbocycles. The van der Waals surface area contributed by atoms with Gasteiger partial charge in [-0.3, -0.25) is 0 Å². The molecule has 0 bridgehead atoms. The fourth-order valence-corrected chi connectivity index (χ4v) is 2.81. The van der Waals surface area contributed by atoms with E-state index in [4.69, 9.17) is 4.42 Å². The highest BCUT2D eigenvalue weighted by molar-refractivity contribution is 9.09. The Morgan fingerprint density at radius 1 is 1.47 bits per heavy atom. The number of furan rings is 1. The van der Waals surface area contributed by atoms with Gasteiger partial charge in [0.1, 0.15) is 11.4 Å². The van der Waals surface area contributed by atoms with Crippen molar-refractivity contribution in [1.82, 2.24) is 4.98 Å². The third-order valence-electron chi connectivity index (χ3n) is 3.46. The second-order valence-electron chi connectivity index (χ2n) is 4.69. The maximum absolute atomic E-state index is 5.42. The Kier molecular flexibility index (Phi) is 2.82. The quantitative estimate of drug-likeness (QED) is 0.755. The molecule has 3 heterocycles. The molecule has 0 aliphatic carbocycles. The molecule has 1 saturated heterocycles. The highest BCUT2D eigenvalue weighted by Gasteiger charge is 2.25. The predicted octanol–water partition coefficient (Wildman–Crippen LogP) is 3.44. The lowest BCUT2D eigenvalue weighted by Crippen LogP contribution is -2.40. The molecule has 4 heteroatoms. The predicted molar refractivity (Wildman–Crippen MR) is 72.7 cm³/mol. The number of hydrogen-bond acceptors (Lipinski definition) is 3. The third kappa shape index (κ3) is 1.95. The maximum atomic E-state index is 5.42. The zero-order valence-corrected chi connectivity index (χ0v) is 11.4. The molecule has 0 amide bonds. The number of pyridine rings is 1. The van der Waals surface area contributed by atoms with E-state index in [2.05, 4.69) is 32.7 Å². The summed E-state index contributed by atoms with van der Waals surface area (Å²) >= 11 is 3.73. The van der Waals surface area contributed by atoms with Crippen LogP contribution in [0.5, 0.6) is 0 Å². The first-order chi connectivity index (χ1) is 8.25. The SMILES string of the molecule is CC1CN(c2nccc3occc23)CCC1Br. The molecular weight excluding hydrogens is 280 g/mol. The van der Waals surface area contributed by atoms with Crippen LogP contribution in [0.3, 0.4) is 0 Å². The molecule has 1 aliphatic heterocycles. The molecule has 2 aromatic rings. The molecule has 3 rings (SSSR count). The Bertz CT molecular complexity index is 525. The van der Waals surface area contributed by atoms with Crippen molar-refractivity contribution in [3.8, 4) is 0 Å². The monoisotopic (exact) mass is 294 g/mol. The van der Waals surface area contributed by atoms with Crippen molar-refractivity contribution in [3.63, 3.8) is 0 Å². The van der Waals surface area contributed by atoms with Gasteiger partial charge in [0.2, 0.25) is 0 Å². The van der Waals surface area contributed by atoms with Crippen LogP contribution in [0.1, 0.15) is 13.3 Å². The Labute approximate surface area is 109 Å². The second-order valence-corrected chi connectivity index (χ2v) is 5.87. The van der Waals surface area contributed by atoms with Crippen molar-refractivity contribution < 1.29 is 4.42 Å². The van der Waals surface area contributed by atoms with E-state index in [1.165, 1.54) is 0 Å². The van der Waals surface area contributed by atoms with Gasteiger partial charge in [-0.05, 0) is 24.5 Å². The van der Waals surface area contributed by atoms with Crippen molar-refractivity contribution in [2.24, 2.45) is 5.92 Å². The van der Waals surface area contributed by atoms with Crippen LogP contribution in [0.4, 0.5) is 5.82 Å². The summed E-state index contributed by atoms with van der Waals surface area (Å²) in [6.45, 7) is 4.38. The molecule has 90 valence electrons. The van der Waals surface area contributed by atoms with Crippen LogP contribution in [0, 0.1) is 5.92 Å². The van der Waals surface area contributed by atoms with E-state index in [-0.39, 0.29) is 0 Å². The molecule has 0 saturated carbocycles. The molecule has 0 N–H and O–H groups in total. The number of hydrogen-bond donors (Lipinski definition) is 0. The molecule has 3 nitrogen and oxygen atoms in total. The van der Waals surface area contributed by atoms with E-state index in [0.717, 1.165) is 36.3 Å². The summed E-state index contributed by atoms with van der Waals surface area (Å²) in [4.78, 5) is 7.50. The standard InChI is InChI=1S/C13H15BrN2O/c1-9-8-16(6-3-11(9)14)13-10-4-7-17-12(10)2-5-15-13/h2,4-5,7,9,11H,3,6,8H2,1H3. The summed E-state index contributed by atoms with van der Waals surface area (Å²) in [7, 11) is 0. The van der Waals surface area contributed by atoms with Crippen LogP contribution in [-0.2, 0) is 0 Å². The first kappa shape index (κ1) is 11.1. The average Bonchev–Trinajstić information content (AvgIpc) is 2.80. The second kappa shape index (κ2) is 4.33. The van der Waals surface area contributed by atoms with Crippen molar-refractivity contribution in [2.75, 3.05) is 18.0 Å². The zero-order valence-electron chi connectivity index (χ0n) is 9.77. The number of nitrogens with zero attached hydrogens (tertiary/aromatic N) is 2. The summed E-state index contributed by atoms with van der Waals surface area (Å²) in [5.41, 5.74) is 0.920. The first-order valence-electron chi connectivity index (χ1n) is 5.97. The minimum absolute atomic E-state index is 0.627. The molecule has 2 atom stereocenters.